The molecule has 0 saturated heterocycles. The first kappa shape index (κ1) is 33.6. The van der Waals surface area contributed by atoms with Gasteiger partial charge in [-0.2, -0.15) is 0 Å². The van der Waals surface area contributed by atoms with E-state index in [9.17, 15) is 43.8 Å². The fraction of sp³-hybridized carbons (Fsp3) is 0.207. The van der Waals surface area contributed by atoms with Crippen molar-refractivity contribution in [2.24, 2.45) is 0 Å². The van der Waals surface area contributed by atoms with Gasteiger partial charge in [-0.15, -0.1) is 0 Å². The molecule has 0 spiro atoms. The minimum atomic E-state index is -1.96. The van der Waals surface area contributed by atoms with Crippen LogP contribution in [0, 0.1) is 0 Å². The lowest BCUT2D eigenvalue weighted by Crippen LogP contribution is -2.49. The van der Waals surface area contributed by atoms with E-state index < -0.39 is 54.3 Å². The third kappa shape index (κ3) is 10.4. The highest BCUT2D eigenvalue weighted by atomic mass is 16.6. The lowest BCUT2D eigenvalue weighted by Gasteiger charge is -2.23. The van der Waals surface area contributed by atoms with Crippen LogP contribution >= 0.6 is 0 Å². The Kier molecular flexibility index (Phi) is 12.0. The summed E-state index contributed by atoms with van der Waals surface area (Å²) in [6.45, 7) is 3.41. The molecule has 2 N–H and O–H groups in total. The number of aliphatic hydroxyl groups is 1. The summed E-state index contributed by atoms with van der Waals surface area (Å²) in [5, 5.41) is 19.1. The first-order valence-corrected chi connectivity index (χ1v) is 12.3. The van der Waals surface area contributed by atoms with Gasteiger partial charge >= 0.3 is 29.8 Å². The van der Waals surface area contributed by atoms with Crippen molar-refractivity contribution in [3.05, 3.63) is 59.7 Å². The molecule has 226 valence electrons. The fourth-order valence-electron chi connectivity index (χ4n) is 3.39. The van der Waals surface area contributed by atoms with Crippen molar-refractivity contribution in [1.29, 1.82) is 0 Å². The summed E-state index contributed by atoms with van der Waals surface area (Å²) >= 11 is 0. The molecule has 0 aliphatic carbocycles. The van der Waals surface area contributed by atoms with Crippen molar-refractivity contribution in [1.82, 2.24) is 4.90 Å². The fourth-order valence-corrected chi connectivity index (χ4v) is 3.39. The Labute approximate surface area is 244 Å². The van der Waals surface area contributed by atoms with Gasteiger partial charge in [0, 0.05) is 39.8 Å². The second kappa shape index (κ2) is 15.4. The maximum Gasteiger partial charge on any atom is 0.329 e. The lowest BCUT2D eigenvalue weighted by atomic mass is 10.1. The van der Waals surface area contributed by atoms with Crippen LogP contribution in [0.15, 0.2) is 48.6 Å². The zero-order valence-electron chi connectivity index (χ0n) is 23.4. The quantitative estimate of drug-likeness (QED) is 0.216. The minimum Gasteiger partial charge on any atom is -0.480 e. The van der Waals surface area contributed by atoms with Crippen LogP contribution in [0.4, 0.5) is 0 Å². The highest BCUT2D eigenvalue weighted by Crippen LogP contribution is 2.30. The molecular formula is C29H27NO13. The monoisotopic (exact) mass is 597 g/mol. The Morgan fingerprint density at radius 1 is 0.651 bits per heavy atom. The van der Waals surface area contributed by atoms with Crippen LogP contribution in [-0.4, -0.2) is 69.4 Å². The van der Waals surface area contributed by atoms with E-state index in [2.05, 4.69) is 0 Å². The van der Waals surface area contributed by atoms with Gasteiger partial charge in [-0.1, -0.05) is 12.1 Å². The van der Waals surface area contributed by atoms with Crippen molar-refractivity contribution in [2.45, 2.75) is 33.7 Å². The summed E-state index contributed by atoms with van der Waals surface area (Å²) in [7, 11) is 0. The Balaban J connectivity index is 2.40. The number of esters is 4. The maximum atomic E-state index is 13.0. The lowest BCUT2D eigenvalue weighted by molar-refractivity contribution is -0.156. The molecule has 0 bridgehead atoms. The van der Waals surface area contributed by atoms with E-state index in [-0.39, 0.29) is 34.1 Å². The van der Waals surface area contributed by atoms with Crippen LogP contribution in [-0.2, 0) is 33.6 Å². The van der Waals surface area contributed by atoms with Gasteiger partial charge in [0.2, 0.25) is 0 Å². The molecule has 0 unspecified atom stereocenters. The summed E-state index contributed by atoms with van der Waals surface area (Å²) in [5.74, 6) is -7.14. The molecule has 2 rings (SSSR count). The number of amides is 2. The first-order chi connectivity index (χ1) is 20.2. The van der Waals surface area contributed by atoms with Crippen LogP contribution in [0.1, 0.15) is 38.8 Å². The maximum absolute atomic E-state index is 13.0. The number of hydrogen-bond acceptors (Lipinski definition) is 12. The number of carboxylic acid groups (broad SMARTS) is 1. The molecule has 14 nitrogen and oxygen atoms in total. The molecule has 2 amide bonds. The summed E-state index contributed by atoms with van der Waals surface area (Å²) < 4.78 is 20.0. The largest absolute Gasteiger partial charge is 0.480 e. The third-order valence-electron chi connectivity index (χ3n) is 5.03. The van der Waals surface area contributed by atoms with E-state index in [4.69, 9.17) is 18.9 Å². The van der Waals surface area contributed by atoms with Gasteiger partial charge in [0.1, 0.15) is 0 Å². The van der Waals surface area contributed by atoms with Gasteiger partial charge in [-0.05, 0) is 47.5 Å². The molecule has 0 saturated carbocycles. The predicted octanol–water partition coefficient (Wildman–Crippen LogP) is 1.92. The summed E-state index contributed by atoms with van der Waals surface area (Å²) in [5.41, 5.74) is 0.482. The highest BCUT2D eigenvalue weighted by Gasteiger charge is 2.32. The summed E-state index contributed by atoms with van der Waals surface area (Å²) in [6, 6.07) is 5.93. The van der Waals surface area contributed by atoms with Crippen LogP contribution < -0.4 is 18.9 Å². The SMILES string of the molecule is CC(=O)Oc1ccc(/C=C/C(=O)N(C(=O)/C=C/c2ccc(OC(C)=O)c(OC(C)=O)c2)[C@@H](CO)C(=O)O)cc1OC(C)=O. The van der Waals surface area contributed by atoms with Crippen molar-refractivity contribution in [3.63, 3.8) is 0 Å². The van der Waals surface area contributed by atoms with Gasteiger partial charge < -0.3 is 29.2 Å². The minimum absolute atomic E-state index is 0.0721. The number of carbonyl (C=O) groups excluding carboxylic acids is 6. The summed E-state index contributed by atoms with van der Waals surface area (Å²) in [4.78, 5) is 83.6. The molecule has 0 aromatic heterocycles. The molecule has 2 aromatic carbocycles. The molecule has 0 aliphatic rings. The number of ether oxygens (including phenoxy) is 4. The molecule has 0 heterocycles. The topological polar surface area (TPSA) is 200 Å². The smallest absolute Gasteiger partial charge is 0.329 e. The van der Waals surface area contributed by atoms with Crippen LogP contribution in [0.2, 0.25) is 0 Å². The number of carbonyl (C=O) groups is 7. The van der Waals surface area contributed by atoms with Gasteiger partial charge in [-0.25, -0.2) is 4.79 Å². The van der Waals surface area contributed by atoms with Crippen molar-refractivity contribution >= 4 is 53.8 Å². The van der Waals surface area contributed by atoms with Crippen LogP contribution in [0.3, 0.4) is 0 Å². The number of imide groups is 1. The molecule has 43 heavy (non-hydrogen) atoms. The van der Waals surface area contributed by atoms with Gasteiger partial charge in [0.25, 0.3) is 11.8 Å². The molecule has 1 atom stereocenters. The average molecular weight is 598 g/mol. The number of nitrogens with zero attached hydrogens (tertiary/aromatic N) is 1. The van der Waals surface area contributed by atoms with E-state index >= 15 is 0 Å². The molecule has 0 aliphatic heterocycles. The standard InChI is InChI=1S/C29H27NO13/c1-16(32)40-23-9-5-20(13-25(23)42-18(3)34)7-11-27(36)30(22(15-31)29(38)39)28(37)12-8-21-6-10-24(41-17(2)33)26(14-21)43-19(4)35/h5-14,22,31H,15H2,1-4H3,(H,38,39)/b11-7+,12-8+/t22-/m0/s1. The summed E-state index contributed by atoms with van der Waals surface area (Å²) in [6.07, 6.45) is 4.05. The molecule has 14 heteroatoms. The number of aliphatic carboxylic acids is 1. The zero-order chi connectivity index (χ0) is 32.3. The van der Waals surface area contributed by atoms with E-state index in [1.165, 1.54) is 48.6 Å². The van der Waals surface area contributed by atoms with Gasteiger partial charge in [0.15, 0.2) is 29.0 Å². The van der Waals surface area contributed by atoms with Gasteiger partial charge in [0.05, 0.1) is 6.61 Å². The first-order valence-electron chi connectivity index (χ1n) is 12.3. The molecule has 2 aromatic rings. The van der Waals surface area contributed by atoms with Crippen molar-refractivity contribution in [3.8, 4) is 23.0 Å². The van der Waals surface area contributed by atoms with E-state index in [1.807, 2.05) is 0 Å². The number of hydrogen-bond donors (Lipinski definition) is 2. The predicted molar refractivity (Wildman–Crippen MR) is 147 cm³/mol. The second-order valence-electron chi connectivity index (χ2n) is 8.54. The zero-order valence-corrected chi connectivity index (χ0v) is 23.4. The van der Waals surface area contributed by atoms with Gasteiger partial charge in [-0.3, -0.25) is 33.7 Å². The van der Waals surface area contributed by atoms with Crippen LogP contribution in [0.25, 0.3) is 12.2 Å². The number of aliphatic hydroxyl groups excluding tert-OH is 1. The highest BCUT2D eigenvalue weighted by molar-refractivity contribution is 6.10. The number of rotatable bonds is 11. The Hall–Kier alpha value is -5.63. The molecule has 0 radical (unpaired) electrons. The Morgan fingerprint density at radius 2 is 1.00 bits per heavy atom. The normalized spacial score (nSPS) is 11.5. The average Bonchev–Trinajstić information content (AvgIpc) is 2.90. The van der Waals surface area contributed by atoms with E-state index in [0.717, 1.165) is 39.8 Å². The third-order valence-corrected chi connectivity index (χ3v) is 5.03. The number of benzene rings is 2. The van der Waals surface area contributed by atoms with Crippen molar-refractivity contribution in [2.75, 3.05) is 6.61 Å². The number of carboxylic acids is 1. The molecular weight excluding hydrogens is 570 g/mol. The molecule has 0 fully saturated rings. The van der Waals surface area contributed by atoms with Crippen molar-refractivity contribution < 1.29 is 62.7 Å². The van der Waals surface area contributed by atoms with E-state index in [0.29, 0.717) is 4.90 Å². The Morgan fingerprint density at radius 3 is 1.30 bits per heavy atom. The second-order valence-corrected chi connectivity index (χ2v) is 8.54. The van der Waals surface area contributed by atoms with E-state index in [1.54, 1.807) is 0 Å². The Bertz CT molecular complexity index is 1400. The van der Waals surface area contributed by atoms with Crippen LogP contribution in [0.5, 0.6) is 23.0 Å².